The molecule has 1 heterocycles. The molecule has 1 fully saturated rings. The fraction of sp³-hybridized carbons (Fsp3) is 0.0417. The highest BCUT2D eigenvalue weighted by molar-refractivity contribution is 8.27. The minimum absolute atomic E-state index is 0.0125. The van der Waals surface area contributed by atoms with Crippen LogP contribution in [0.25, 0.3) is 0 Å². The van der Waals surface area contributed by atoms with Crippen molar-refractivity contribution in [3.05, 3.63) is 107 Å². The van der Waals surface area contributed by atoms with Crippen LogP contribution >= 0.6 is 24.0 Å². The molecule has 30 heavy (non-hydrogen) atoms. The van der Waals surface area contributed by atoms with Crippen molar-refractivity contribution in [2.75, 3.05) is 4.90 Å². The third-order valence-electron chi connectivity index (χ3n) is 4.57. The first kappa shape index (κ1) is 20.1. The molecule has 0 atom stereocenters. The number of hydrogen-bond acceptors (Lipinski definition) is 5. The van der Waals surface area contributed by atoms with Crippen molar-refractivity contribution in [1.82, 2.24) is 0 Å². The van der Waals surface area contributed by atoms with Gasteiger partial charge < -0.3 is 4.74 Å². The quantitative estimate of drug-likeness (QED) is 0.298. The van der Waals surface area contributed by atoms with E-state index in [1.165, 1.54) is 16.7 Å². The molecule has 0 radical (unpaired) electrons. The number of ketones is 1. The van der Waals surface area contributed by atoms with E-state index in [1.807, 2.05) is 42.5 Å². The van der Waals surface area contributed by atoms with E-state index in [-0.39, 0.29) is 11.7 Å². The summed E-state index contributed by atoms with van der Waals surface area (Å²) >= 11 is 6.46. The van der Waals surface area contributed by atoms with Crippen LogP contribution in [0, 0.1) is 0 Å². The van der Waals surface area contributed by atoms with Gasteiger partial charge in [0.05, 0.1) is 10.6 Å². The van der Waals surface area contributed by atoms with Gasteiger partial charge >= 0.3 is 0 Å². The van der Waals surface area contributed by atoms with Crippen molar-refractivity contribution < 1.29 is 14.3 Å². The molecule has 1 amide bonds. The van der Waals surface area contributed by atoms with E-state index in [1.54, 1.807) is 36.4 Å². The molecule has 3 aromatic rings. The van der Waals surface area contributed by atoms with E-state index < -0.39 is 0 Å². The van der Waals surface area contributed by atoms with Crippen LogP contribution in [0.15, 0.2) is 90.3 Å². The van der Waals surface area contributed by atoms with E-state index in [0.29, 0.717) is 38.4 Å². The van der Waals surface area contributed by atoms with Crippen molar-refractivity contribution in [1.29, 1.82) is 0 Å². The highest BCUT2D eigenvalue weighted by atomic mass is 32.2. The topological polar surface area (TPSA) is 46.6 Å². The lowest BCUT2D eigenvalue weighted by Crippen LogP contribution is -2.27. The summed E-state index contributed by atoms with van der Waals surface area (Å²) in [7, 11) is 0. The van der Waals surface area contributed by atoms with Crippen LogP contribution in [-0.2, 0) is 11.4 Å². The zero-order valence-corrected chi connectivity index (χ0v) is 17.5. The summed E-state index contributed by atoms with van der Waals surface area (Å²) in [5.41, 5.74) is 2.87. The minimum atomic E-state index is -0.208. The molecule has 6 heteroatoms. The Bertz CT molecular complexity index is 1140. The maximum absolute atomic E-state index is 12.5. The van der Waals surface area contributed by atoms with Gasteiger partial charge in [0, 0.05) is 17.2 Å². The van der Waals surface area contributed by atoms with E-state index in [2.05, 4.69) is 6.58 Å². The Kier molecular flexibility index (Phi) is 5.79. The van der Waals surface area contributed by atoms with Gasteiger partial charge in [0.15, 0.2) is 10.1 Å². The van der Waals surface area contributed by atoms with Crippen molar-refractivity contribution in [3.8, 4) is 5.75 Å². The smallest absolute Gasteiger partial charge is 0.270 e. The predicted molar refractivity (Wildman–Crippen MR) is 124 cm³/mol. The maximum atomic E-state index is 12.5. The summed E-state index contributed by atoms with van der Waals surface area (Å²) in [6, 6.07) is 23.7. The molecule has 0 saturated carbocycles. The lowest BCUT2D eigenvalue weighted by Gasteiger charge is -2.16. The number of hydrogen-bond donors (Lipinski definition) is 0. The second-order valence-electron chi connectivity index (χ2n) is 6.61. The highest BCUT2D eigenvalue weighted by Gasteiger charge is 2.32. The second kappa shape index (κ2) is 8.65. The van der Waals surface area contributed by atoms with Crippen LogP contribution in [0.1, 0.15) is 21.5 Å². The van der Waals surface area contributed by atoms with Gasteiger partial charge in [-0.15, -0.1) is 0 Å². The number of carbonyl (C=O) groups excluding carboxylic acids is 2. The van der Waals surface area contributed by atoms with Crippen LogP contribution in [-0.4, -0.2) is 16.0 Å². The molecule has 0 bridgehead atoms. The zero-order valence-electron chi connectivity index (χ0n) is 15.9. The average Bonchev–Trinajstić information content (AvgIpc) is 3.04. The lowest BCUT2D eigenvalue weighted by molar-refractivity contribution is -0.113. The number of ether oxygens (including phenoxy) is 1. The molecule has 148 valence electrons. The molecular formula is C24H17NO3S2. The van der Waals surface area contributed by atoms with Gasteiger partial charge in [0.2, 0.25) is 0 Å². The highest BCUT2D eigenvalue weighted by Crippen LogP contribution is 2.35. The van der Waals surface area contributed by atoms with Crippen molar-refractivity contribution in [2.24, 2.45) is 0 Å². The van der Waals surface area contributed by atoms with Gasteiger partial charge in [-0.3, -0.25) is 14.5 Å². The molecule has 0 unspecified atom stereocenters. The van der Waals surface area contributed by atoms with E-state index in [9.17, 15) is 9.59 Å². The van der Waals surface area contributed by atoms with Crippen LogP contribution in [0.3, 0.4) is 0 Å². The summed E-state index contributed by atoms with van der Waals surface area (Å²) in [6.45, 7) is 4.06. The summed E-state index contributed by atoms with van der Waals surface area (Å²) in [5, 5.41) is 0. The van der Waals surface area contributed by atoms with E-state index >= 15 is 0 Å². The molecule has 0 aliphatic carbocycles. The number of thiocarbonyl (C=S) groups is 1. The Morgan fingerprint density at radius 2 is 1.67 bits per heavy atom. The van der Waals surface area contributed by atoms with Gasteiger partial charge in [0.1, 0.15) is 12.4 Å². The van der Waals surface area contributed by atoms with Gasteiger partial charge in [-0.2, -0.15) is 0 Å². The standard InChI is InChI=1S/C24H17NO3S2/c1-16-23(27)25(24(29)30-16)20-8-5-9-21(14-20)28-15-17-10-12-19(13-11-17)22(26)18-6-3-2-4-7-18/h2-14H,1,15H2. The van der Waals surface area contributed by atoms with Crippen LogP contribution in [0.5, 0.6) is 5.75 Å². The van der Waals surface area contributed by atoms with Gasteiger partial charge in [0.25, 0.3) is 5.91 Å². The second-order valence-corrected chi connectivity index (χ2v) is 8.34. The Hall–Kier alpha value is -3.22. The maximum Gasteiger partial charge on any atom is 0.270 e. The summed E-state index contributed by atoms with van der Waals surface area (Å²) < 4.78 is 6.34. The van der Waals surface area contributed by atoms with Crippen LogP contribution in [0.2, 0.25) is 0 Å². The number of amides is 1. The first-order valence-electron chi connectivity index (χ1n) is 9.19. The molecule has 1 aliphatic rings. The first-order chi connectivity index (χ1) is 14.5. The largest absolute Gasteiger partial charge is 0.489 e. The Morgan fingerprint density at radius 3 is 2.33 bits per heavy atom. The molecule has 1 aliphatic heterocycles. The summed E-state index contributed by atoms with van der Waals surface area (Å²) in [6.07, 6.45) is 0. The third kappa shape index (κ3) is 4.20. The van der Waals surface area contributed by atoms with Crippen LogP contribution in [0.4, 0.5) is 5.69 Å². The van der Waals surface area contributed by atoms with Crippen LogP contribution < -0.4 is 9.64 Å². The number of benzene rings is 3. The SMILES string of the molecule is C=C1SC(=S)N(c2cccc(OCc3ccc(C(=O)c4ccccc4)cc3)c2)C1=O. The van der Waals surface area contributed by atoms with Crippen molar-refractivity contribution in [3.63, 3.8) is 0 Å². The monoisotopic (exact) mass is 431 g/mol. The Morgan fingerprint density at radius 1 is 0.967 bits per heavy atom. The molecule has 4 rings (SSSR count). The fourth-order valence-corrected chi connectivity index (χ4v) is 4.17. The number of thioether (sulfide) groups is 1. The molecular weight excluding hydrogens is 414 g/mol. The Balaban J connectivity index is 1.43. The molecule has 0 N–H and O–H groups in total. The number of nitrogens with zero attached hydrogens (tertiary/aromatic N) is 1. The first-order valence-corrected chi connectivity index (χ1v) is 10.4. The lowest BCUT2D eigenvalue weighted by atomic mass is 10.0. The average molecular weight is 432 g/mol. The molecule has 0 aromatic heterocycles. The zero-order chi connectivity index (χ0) is 21.1. The van der Waals surface area contributed by atoms with Gasteiger partial charge in [-0.1, -0.05) is 91.2 Å². The van der Waals surface area contributed by atoms with E-state index in [0.717, 1.165) is 5.56 Å². The predicted octanol–water partition coefficient (Wildman–Crippen LogP) is 5.38. The minimum Gasteiger partial charge on any atom is -0.489 e. The molecule has 0 spiro atoms. The molecule has 4 nitrogen and oxygen atoms in total. The summed E-state index contributed by atoms with van der Waals surface area (Å²) in [4.78, 5) is 26.6. The number of anilines is 1. The Labute approximate surface area is 184 Å². The van der Waals surface area contributed by atoms with Crippen molar-refractivity contribution >= 4 is 45.7 Å². The molecule has 3 aromatic carbocycles. The number of rotatable bonds is 6. The summed E-state index contributed by atoms with van der Waals surface area (Å²) in [5.74, 6) is 0.400. The normalized spacial score (nSPS) is 13.6. The van der Waals surface area contributed by atoms with E-state index in [4.69, 9.17) is 17.0 Å². The van der Waals surface area contributed by atoms with Gasteiger partial charge in [-0.05, 0) is 17.7 Å². The van der Waals surface area contributed by atoms with Gasteiger partial charge in [-0.25, -0.2) is 0 Å². The number of carbonyl (C=O) groups is 2. The molecule has 1 saturated heterocycles. The van der Waals surface area contributed by atoms with Crippen molar-refractivity contribution in [2.45, 2.75) is 6.61 Å². The fourth-order valence-electron chi connectivity index (χ4n) is 3.01. The third-order valence-corrected chi connectivity index (χ3v) is 5.78.